The highest BCUT2D eigenvalue weighted by atomic mass is 19.1. The van der Waals surface area contributed by atoms with Crippen molar-refractivity contribution in [1.82, 2.24) is 20.9 Å². The maximum absolute atomic E-state index is 13.3. The van der Waals surface area contributed by atoms with E-state index in [-0.39, 0.29) is 35.6 Å². The Morgan fingerprint density at radius 1 is 1.03 bits per heavy atom. The third kappa shape index (κ3) is 5.52. The highest BCUT2D eigenvalue weighted by molar-refractivity contribution is 5.95. The van der Waals surface area contributed by atoms with Crippen molar-refractivity contribution in [1.29, 1.82) is 0 Å². The second-order valence-corrected chi connectivity index (χ2v) is 11.2. The second-order valence-electron chi connectivity index (χ2n) is 11.2. The molecule has 4 rings (SSSR count). The number of fused-ring (bicyclic) bond motifs is 1. The largest absolute Gasteiger partial charge is 0.342 e. The summed E-state index contributed by atoms with van der Waals surface area (Å²) in [5, 5.41) is 9.05. The molecule has 8 heteroatoms. The summed E-state index contributed by atoms with van der Waals surface area (Å²) in [5.74, 6) is 0.812. The number of rotatable bonds is 3. The SMILES string of the molecule is CC1CC2C(CN1)CC(C1CC(NC(=O)NC(=O)C3CCC(F)CC3)CCC1C)C(=O)N2C. The fourth-order valence-electron chi connectivity index (χ4n) is 6.85. The molecule has 0 spiro atoms. The number of alkyl halides is 1. The van der Waals surface area contributed by atoms with Crippen molar-refractivity contribution in [2.75, 3.05) is 13.6 Å². The highest BCUT2D eigenvalue weighted by Crippen LogP contribution is 2.43. The van der Waals surface area contributed by atoms with Crippen molar-refractivity contribution in [2.24, 2.45) is 29.6 Å². The molecule has 7 atom stereocenters. The Kier molecular flexibility index (Phi) is 7.61. The van der Waals surface area contributed by atoms with Gasteiger partial charge in [0.05, 0.1) is 0 Å². The number of amides is 4. The topological polar surface area (TPSA) is 90.5 Å². The number of hydrogen-bond donors (Lipinski definition) is 3. The molecule has 4 amide bonds. The highest BCUT2D eigenvalue weighted by Gasteiger charge is 2.47. The molecule has 4 aliphatic rings. The molecular formula is C25H41FN4O3. The van der Waals surface area contributed by atoms with E-state index in [4.69, 9.17) is 0 Å². The quantitative estimate of drug-likeness (QED) is 0.599. The zero-order chi connectivity index (χ0) is 23.7. The number of nitrogens with one attached hydrogen (secondary N) is 3. The van der Waals surface area contributed by atoms with Gasteiger partial charge in [-0.2, -0.15) is 0 Å². The lowest BCUT2D eigenvalue weighted by Gasteiger charge is -2.50. The molecular weight excluding hydrogens is 423 g/mol. The second kappa shape index (κ2) is 10.3. The van der Waals surface area contributed by atoms with Gasteiger partial charge in [0.1, 0.15) is 6.17 Å². The molecule has 7 unspecified atom stereocenters. The number of piperidine rings is 2. The van der Waals surface area contributed by atoms with Crippen LogP contribution < -0.4 is 16.0 Å². The molecule has 186 valence electrons. The van der Waals surface area contributed by atoms with E-state index in [1.54, 1.807) is 0 Å². The summed E-state index contributed by atoms with van der Waals surface area (Å²) >= 11 is 0. The van der Waals surface area contributed by atoms with Gasteiger partial charge >= 0.3 is 6.03 Å². The number of nitrogens with zero attached hydrogens (tertiary/aromatic N) is 1. The van der Waals surface area contributed by atoms with Crippen molar-refractivity contribution in [3.63, 3.8) is 0 Å². The van der Waals surface area contributed by atoms with Crippen LogP contribution in [0, 0.1) is 29.6 Å². The number of urea groups is 1. The van der Waals surface area contributed by atoms with Crippen LogP contribution in [0.15, 0.2) is 0 Å². The Morgan fingerprint density at radius 2 is 1.76 bits per heavy atom. The van der Waals surface area contributed by atoms with Crippen LogP contribution in [0.5, 0.6) is 0 Å². The van der Waals surface area contributed by atoms with E-state index in [0.717, 1.165) is 38.6 Å². The Hall–Kier alpha value is -1.70. The molecule has 7 nitrogen and oxygen atoms in total. The zero-order valence-electron chi connectivity index (χ0n) is 20.3. The van der Waals surface area contributed by atoms with Crippen LogP contribution in [0.25, 0.3) is 0 Å². The van der Waals surface area contributed by atoms with Crippen molar-refractivity contribution in [3.8, 4) is 0 Å². The van der Waals surface area contributed by atoms with Gasteiger partial charge in [-0.1, -0.05) is 6.92 Å². The average Bonchev–Trinajstić information content (AvgIpc) is 2.78. The van der Waals surface area contributed by atoms with Gasteiger partial charge in [0.15, 0.2) is 0 Å². The minimum atomic E-state index is -0.825. The van der Waals surface area contributed by atoms with Crippen molar-refractivity contribution < 1.29 is 18.8 Å². The van der Waals surface area contributed by atoms with E-state index in [2.05, 4.69) is 29.8 Å². The van der Waals surface area contributed by atoms with E-state index < -0.39 is 12.2 Å². The van der Waals surface area contributed by atoms with Crippen LogP contribution in [0.2, 0.25) is 0 Å². The van der Waals surface area contributed by atoms with Gasteiger partial charge in [-0.05, 0) is 82.5 Å². The van der Waals surface area contributed by atoms with Crippen LogP contribution in [0.1, 0.15) is 71.6 Å². The Labute approximate surface area is 197 Å². The fourth-order valence-corrected chi connectivity index (χ4v) is 6.85. The monoisotopic (exact) mass is 464 g/mol. The number of carbonyl (C=O) groups is 3. The number of hydrogen-bond acceptors (Lipinski definition) is 4. The first-order chi connectivity index (χ1) is 15.7. The number of halogens is 1. The van der Waals surface area contributed by atoms with Gasteiger partial charge in [0.2, 0.25) is 11.8 Å². The first-order valence-corrected chi connectivity index (χ1v) is 13.0. The van der Waals surface area contributed by atoms with E-state index in [9.17, 15) is 18.8 Å². The lowest BCUT2D eigenvalue weighted by molar-refractivity contribution is -0.148. The van der Waals surface area contributed by atoms with Gasteiger partial charge in [-0.3, -0.25) is 14.9 Å². The summed E-state index contributed by atoms with van der Waals surface area (Å²) < 4.78 is 13.3. The van der Waals surface area contributed by atoms with E-state index in [0.29, 0.717) is 49.6 Å². The lowest BCUT2D eigenvalue weighted by atomic mass is 9.65. The molecule has 0 aromatic rings. The van der Waals surface area contributed by atoms with Gasteiger partial charge in [0.25, 0.3) is 0 Å². The third-order valence-corrected chi connectivity index (χ3v) is 8.96. The van der Waals surface area contributed by atoms with Gasteiger partial charge in [-0.15, -0.1) is 0 Å². The first kappa shape index (κ1) is 24.4. The molecule has 2 saturated carbocycles. The van der Waals surface area contributed by atoms with E-state index >= 15 is 0 Å². The summed E-state index contributed by atoms with van der Waals surface area (Å²) in [6, 6.07) is 0.259. The predicted molar refractivity (Wildman–Crippen MR) is 124 cm³/mol. The normalized spacial score (nSPS) is 41.8. The molecule has 2 aliphatic heterocycles. The molecule has 3 N–H and O–H groups in total. The summed E-state index contributed by atoms with van der Waals surface area (Å²) in [5.41, 5.74) is 0. The van der Waals surface area contributed by atoms with E-state index in [1.165, 1.54) is 0 Å². The van der Waals surface area contributed by atoms with Crippen LogP contribution in [0.3, 0.4) is 0 Å². The maximum Gasteiger partial charge on any atom is 0.321 e. The summed E-state index contributed by atoms with van der Waals surface area (Å²) in [6.07, 6.45) is 5.45. The van der Waals surface area contributed by atoms with Crippen molar-refractivity contribution in [3.05, 3.63) is 0 Å². The van der Waals surface area contributed by atoms with Gasteiger partial charge in [0, 0.05) is 43.6 Å². The third-order valence-electron chi connectivity index (χ3n) is 8.96. The Morgan fingerprint density at radius 3 is 2.48 bits per heavy atom. The molecule has 0 aromatic carbocycles. The summed E-state index contributed by atoms with van der Waals surface area (Å²) in [4.78, 5) is 40.3. The van der Waals surface area contributed by atoms with Crippen LogP contribution in [0.4, 0.5) is 9.18 Å². The molecule has 0 aromatic heterocycles. The van der Waals surface area contributed by atoms with Crippen molar-refractivity contribution in [2.45, 2.75) is 95.9 Å². The van der Waals surface area contributed by atoms with E-state index in [1.807, 2.05) is 11.9 Å². The first-order valence-electron chi connectivity index (χ1n) is 13.0. The Balaban J connectivity index is 1.32. The minimum Gasteiger partial charge on any atom is -0.342 e. The summed E-state index contributed by atoms with van der Waals surface area (Å²) in [7, 11) is 1.96. The predicted octanol–water partition coefficient (Wildman–Crippen LogP) is 2.99. The lowest BCUT2D eigenvalue weighted by Crippen LogP contribution is -2.60. The molecule has 2 heterocycles. The molecule has 2 aliphatic carbocycles. The van der Waals surface area contributed by atoms with Crippen LogP contribution >= 0.6 is 0 Å². The molecule has 0 bridgehead atoms. The minimum absolute atomic E-state index is 0.00775. The smallest absolute Gasteiger partial charge is 0.321 e. The summed E-state index contributed by atoms with van der Waals surface area (Å²) in [6.45, 7) is 5.37. The zero-order valence-corrected chi connectivity index (χ0v) is 20.3. The van der Waals surface area contributed by atoms with Crippen LogP contribution in [-0.4, -0.2) is 60.6 Å². The molecule has 33 heavy (non-hydrogen) atoms. The van der Waals surface area contributed by atoms with Gasteiger partial charge < -0.3 is 15.5 Å². The average molecular weight is 465 g/mol. The van der Waals surface area contributed by atoms with Crippen molar-refractivity contribution >= 4 is 17.8 Å². The molecule has 2 saturated heterocycles. The maximum atomic E-state index is 13.3. The number of imide groups is 1. The van der Waals surface area contributed by atoms with Gasteiger partial charge in [-0.25, -0.2) is 9.18 Å². The molecule has 4 fully saturated rings. The van der Waals surface area contributed by atoms with Crippen LogP contribution in [-0.2, 0) is 9.59 Å². The number of likely N-dealkylation sites (tertiary alicyclic amines) is 1. The molecule has 0 radical (unpaired) electrons. The standard InChI is InChI=1S/C25H41FN4O3/c1-14-4-9-19(28-25(33)29-23(31)16-5-7-18(26)8-6-16)12-20(14)21-11-17-13-27-15(2)10-22(17)30(3)24(21)32/h14-22,27H,4-13H2,1-3H3,(H2,28,29,31,33). The number of carbonyl (C=O) groups excluding carboxylic acids is 3. The Bertz CT molecular complexity index is 741. The fraction of sp³-hybridized carbons (Fsp3) is 0.880.